The van der Waals surface area contributed by atoms with Gasteiger partial charge in [0.2, 0.25) is 0 Å². The molecule has 0 saturated heterocycles. The van der Waals surface area contributed by atoms with Gasteiger partial charge in [-0.25, -0.2) is 4.79 Å². The third kappa shape index (κ3) is 3.95. The molecule has 2 aliphatic rings. The van der Waals surface area contributed by atoms with Crippen molar-refractivity contribution < 1.29 is 19.2 Å². The molecule has 8 heteroatoms. The van der Waals surface area contributed by atoms with E-state index >= 15 is 0 Å². The van der Waals surface area contributed by atoms with Gasteiger partial charge < -0.3 is 9.47 Å². The zero-order valence-electron chi connectivity index (χ0n) is 18.3. The molecule has 1 aliphatic carbocycles. The highest BCUT2D eigenvalue weighted by molar-refractivity contribution is 6.06. The second-order valence-electron chi connectivity index (χ2n) is 7.83. The number of nitro benzene ring substituents is 1. The van der Waals surface area contributed by atoms with Crippen LogP contribution in [0.25, 0.3) is 0 Å². The predicted molar refractivity (Wildman–Crippen MR) is 119 cm³/mol. The van der Waals surface area contributed by atoms with Crippen LogP contribution in [-0.2, 0) is 16.0 Å². The topological polar surface area (TPSA) is 94.3 Å². The molecule has 1 aliphatic heterocycles. The van der Waals surface area contributed by atoms with E-state index in [0.717, 1.165) is 35.4 Å². The predicted octanol–water partition coefficient (Wildman–Crippen LogP) is 4.39. The minimum atomic E-state index is -0.423. The molecular formula is C24H25N3O5. The van der Waals surface area contributed by atoms with Crippen LogP contribution in [0.1, 0.15) is 43.0 Å². The van der Waals surface area contributed by atoms with Crippen molar-refractivity contribution >= 4 is 17.4 Å². The van der Waals surface area contributed by atoms with Gasteiger partial charge in [0.25, 0.3) is 5.69 Å². The van der Waals surface area contributed by atoms with Gasteiger partial charge in [-0.15, -0.1) is 0 Å². The number of hydrogen-bond donors (Lipinski definition) is 0. The lowest BCUT2D eigenvalue weighted by molar-refractivity contribution is -0.384. The Morgan fingerprint density at radius 2 is 2.03 bits per heavy atom. The van der Waals surface area contributed by atoms with Crippen LogP contribution in [0.5, 0.6) is 5.75 Å². The van der Waals surface area contributed by atoms with Gasteiger partial charge in [-0.05, 0) is 56.0 Å². The van der Waals surface area contributed by atoms with E-state index in [9.17, 15) is 14.9 Å². The molecule has 4 rings (SSSR count). The molecule has 1 heterocycles. The molecule has 0 fully saturated rings. The fourth-order valence-corrected chi connectivity index (χ4v) is 4.47. The van der Waals surface area contributed by atoms with E-state index in [4.69, 9.17) is 14.6 Å². The maximum atomic E-state index is 12.1. The zero-order valence-corrected chi connectivity index (χ0v) is 18.3. The molecular weight excluding hydrogens is 410 g/mol. The van der Waals surface area contributed by atoms with Crippen molar-refractivity contribution in [2.75, 3.05) is 13.7 Å². The Morgan fingerprint density at radius 1 is 1.28 bits per heavy atom. The van der Waals surface area contributed by atoms with Crippen molar-refractivity contribution in [3.63, 3.8) is 0 Å². The number of fused-ring (bicyclic) bond motifs is 3. The number of esters is 1. The maximum Gasteiger partial charge on any atom is 0.332 e. The van der Waals surface area contributed by atoms with Gasteiger partial charge in [-0.1, -0.05) is 12.1 Å². The van der Waals surface area contributed by atoms with Crippen LogP contribution in [0.2, 0.25) is 0 Å². The first-order chi connectivity index (χ1) is 15.4. The Kier molecular flexibility index (Phi) is 5.94. The number of carbonyl (C=O) groups is 1. The number of hydrazone groups is 1. The number of nitro groups is 1. The third-order valence-electron chi connectivity index (χ3n) is 5.94. The molecule has 0 unspecified atom stereocenters. The SMILES string of the molecule is CCOC(=O)/C=C(\C)N1N=C2c3ccc(OC)cc3CC[C@H]2[C@H]1c1ccc([N+](=O)[O-])cc1. The van der Waals surface area contributed by atoms with E-state index in [-0.39, 0.29) is 17.6 Å². The zero-order chi connectivity index (χ0) is 22.8. The number of non-ortho nitro benzene ring substituents is 1. The van der Waals surface area contributed by atoms with E-state index in [2.05, 4.69) is 0 Å². The Hall–Kier alpha value is -3.68. The van der Waals surface area contributed by atoms with E-state index < -0.39 is 10.9 Å². The summed E-state index contributed by atoms with van der Waals surface area (Å²) >= 11 is 0. The van der Waals surface area contributed by atoms with Crippen LogP contribution in [0, 0.1) is 16.0 Å². The second-order valence-corrected chi connectivity index (χ2v) is 7.83. The molecule has 0 amide bonds. The van der Waals surface area contributed by atoms with Gasteiger partial charge in [0.05, 0.1) is 30.4 Å². The molecule has 0 N–H and O–H groups in total. The van der Waals surface area contributed by atoms with Gasteiger partial charge in [0.1, 0.15) is 5.75 Å². The molecule has 2 aromatic rings. The number of methoxy groups -OCH3 is 1. The number of nitrogens with zero attached hydrogens (tertiary/aromatic N) is 3. The normalized spacial score (nSPS) is 19.7. The Morgan fingerprint density at radius 3 is 2.69 bits per heavy atom. The first-order valence-electron chi connectivity index (χ1n) is 10.6. The summed E-state index contributed by atoms with van der Waals surface area (Å²) in [5, 5.41) is 17.9. The van der Waals surface area contributed by atoms with Crippen molar-refractivity contribution in [3.8, 4) is 5.75 Å². The van der Waals surface area contributed by atoms with Crippen molar-refractivity contribution in [2.45, 2.75) is 32.7 Å². The Balaban J connectivity index is 1.77. The van der Waals surface area contributed by atoms with Crippen LogP contribution < -0.4 is 4.74 Å². The lowest BCUT2D eigenvalue weighted by atomic mass is 9.77. The number of ether oxygens (including phenoxy) is 2. The summed E-state index contributed by atoms with van der Waals surface area (Å²) in [6.45, 7) is 3.88. The van der Waals surface area contributed by atoms with Crippen molar-refractivity contribution in [2.24, 2.45) is 11.0 Å². The van der Waals surface area contributed by atoms with Crippen LogP contribution in [0.3, 0.4) is 0 Å². The van der Waals surface area contributed by atoms with Crippen LogP contribution >= 0.6 is 0 Å². The number of rotatable bonds is 6. The largest absolute Gasteiger partial charge is 0.497 e. The highest BCUT2D eigenvalue weighted by Gasteiger charge is 2.42. The van der Waals surface area contributed by atoms with Crippen molar-refractivity contribution in [1.29, 1.82) is 0 Å². The summed E-state index contributed by atoms with van der Waals surface area (Å²) in [7, 11) is 1.65. The molecule has 0 radical (unpaired) electrons. The van der Waals surface area contributed by atoms with Gasteiger partial charge in [-0.2, -0.15) is 5.10 Å². The van der Waals surface area contributed by atoms with E-state index in [1.54, 1.807) is 26.2 Å². The molecule has 0 aromatic heterocycles. The number of aryl methyl sites for hydroxylation is 1. The number of benzene rings is 2. The van der Waals surface area contributed by atoms with Gasteiger partial charge >= 0.3 is 5.97 Å². The molecule has 0 saturated carbocycles. The average molecular weight is 435 g/mol. The van der Waals surface area contributed by atoms with Crippen LogP contribution in [0.15, 0.2) is 59.3 Å². The number of allylic oxidation sites excluding steroid dienone is 1. The van der Waals surface area contributed by atoms with Gasteiger partial charge in [0, 0.05) is 35.4 Å². The minimum absolute atomic E-state index is 0.0410. The first-order valence-corrected chi connectivity index (χ1v) is 10.6. The molecule has 2 atom stereocenters. The summed E-state index contributed by atoms with van der Waals surface area (Å²) in [6.07, 6.45) is 3.18. The van der Waals surface area contributed by atoms with E-state index in [0.29, 0.717) is 12.3 Å². The Bertz CT molecular complexity index is 1110. The average Bonchev–Trinajstić information content (AvgIpc) is 3.19. The highest BCUT2D eigenvalue weighted by Crippen LogP contribution is 2.45. The van der Waals surface area contributed by atoms with Crippen molar-refractivity contribution in [1.82, 2.24) is 5.01 Å². The number of hydrogen-bond acceptors (Lipinski definition) is 7. The highest BCUT2D eigenvalue weighted by atomic mass is 16.6. The summed E-state index contributed by atoms with van der Waals surface area (Å²) in [5.41, 5.74) is 4.81. The number of carbonyl (C=O) groups excluding carboxylic acids is 1. The lowest BCUT2D eigenvalue weighted by Crippen LogP contribution is -2.28. The quantitative estimate of drug-likeness (QED) is 0.289. The van der Waals surface area contributed by atoms with Gasteiger partial charge in [0.15, 0.2) is 0 Å². The molecule has 166 valence electrons. The fraction of sp³-hybridized carbons (Fsp3) is 0.333. The van der Waals surface area contributed by atoms with Gasteiger partial charge in [-0.3, -0.25) is 15.1 Å². The molecule has 2 aromatic carbocycles. The minimum Gasteiger partial charge on any atom is -0.497 e. The molecule has 8 nitrogen and oxygen atoms in total. The summed E-state index contributed by atoms with van der Waals surface area (Å²) in [5.74, 6) is 0.471. The van der Waals surface area contributed by atoms with Crippen molar-refractivity contribution in [3.05, 3.63) is 81.0 Å². The smallest absolute Gasteiger partial charge is 0.332 e. The molecule has 32 heavy (non-hydrogen) atoms. The van der Waals surface area contributed by atoms with Crippen LogP contribution in [0.4, 0.5) is 5.69 Å². The molecule has 0 spiro atoms. The standard InChI is InChI=1S/C24H25N3O5/c1-4-32-22(28)13-15(2)26-24(16-5-8-18(9-6-16)27(29)30)21-11-7-17-14-19(31-3)10-12-20(17)23(21)25-26/h5-6,8-10,12-14,21,24H,4,7,11H2,1-3H3/b15-13+/t21-,24-/m1/s1. The van der Waals surface area contributed by atoms with E-state index in [1.165, 1.54) is 23.8 Å². The summed E-state index contributed by atoms with van der Waals surface area (Å²) in [6, 6.07) is 12.4. The first kappa shape index (κ1) is 21.5. The lowest BCUT2D eigenvalue weighted by Gasteiger charge is -2.31. The second kappa shape index (κ2) is 8.82. The third-order valence-corrected chi connectivity index (χ3v) is 5.94. The maximum absolute atomic E-state index is 12.1. The molecule has 0 bridgehead atoms. The van der Waals surface area contributed by atoms with E-state index in [1.807, 2.05) is 30.1 Å². The monoisotopic (exact) mass is 435 g/mol. The van der Waals surface area contributed by atoms with Crippen LogP contribution in [-0.4, -0.2) is 35.3 Å². The summed E-state index contributed by atoms with van der Waals surface area (Å²) < 4.78 is 10.4. The Labute approximate surface area is 186 Å². The summed E-state index contributed by atoms with van der Waals surface area (Å²) in [4.78, 5) is 22.8. The fourth-order valence-electron chi connectivity index (χ4n) is 4.47.